The van der Waals surface area contributed by atoms with Crippen LogP contribution in [0.25, 0.3) is 0 Å². The molecule has 0 aromatic rings. The van der Waals surface area contributed by atoms with E-state index in [1.807, 2.05) is 0 Å². The largest absolute Gasteiger partial charge is 0.330 e. The van der Waals surface area contributed by atoms with Crippen molar-refractivity contribution in [3.05, 3.63) is 0 Å². The van der Waals surface area contributed by atoms with E-state index in [0.29, 0.717) is 0 Å². The third-order valence-electron chi connectivity index (χ3n) is 2.76. The third-order valence-corrected chi connectivity index (χ3v) is 2.76. The van der Waals surface area contributed by atoms with Gasteiger partial charge in [0.05, 0.1) is 0 Å². The molecule has 2 N–H and O–H groups in total. The molecule has 2 atom stereocenters. The van der Waals surface area contributed by atoms with Gasteiger partial charge in [0.1, 0.15) is 0 Å². The standard InChI is InChI=1S/C10H23N/c1-5-6-10(7-11)9(4)8(2)3/h8-10H,5-7,11H2,1-4H3. The second-order valence-electron chi connectivity index (χ2n) is 3.89. The molecule has 11 heavy (non-hydrogen) atoms. The molecule has 0 saturated heterocycles. The predicted octanol–water partition coefficient (Wildman–Crippen LogP) is 2.65. The third kappa shape index (κ3) is 3.76. The maximum Gasteiger partial charge on any atom is -0.00462 e. The van der Waals surface area contributed by atoms with Gasteiger partial charge in [-0.05, 0) is 30.7 Å². The Morgan fingerprint density at radius 3 is 2.00 bits per heavy atom. The SMILES string of the molecule is CCCC(CN)C(C)C(C)C. The molecule has 1 nitrogen and oxygen atoms in total. The van der Waals surface area contributed by atoms with E-state index in [9.17, 15) is 0 Å². The predicted molar refractivity (Wildman–Crippen MR) is 51.5 cm³/mol. The van der Waals surface area contributed by atoms with Crippen molar-refractivity contribution in [1.29, 1.82) is 0 Å². The second kappa shape index (κ2) is 5.59. The Morgan fingerprint density at radius 2 is 1.73 bits per heavy atom. The molecule has 0 heterocycles. The number of rotatable bonds is 5. The van der Waals surface area contributed by atoms with Crippen LogP contribution in [0, 0.1) is 17.8 Å². The highest BCUT2D eigenvalue weighted by molar-refractivity contribution is 4.69. The molecule has 0 aromatic carbocycles. The number of hydrogen-bond acceptors (Lipinski definition) is 1. The van der Waals surface area contributed by atoms with E-state index in [4.69, 9.17) is 5.73 Å². The molecule has 0 radical (unpaired) electrons. The lowest BCUT2D eigenvalue weighted by Crippen LogP contribution is -2.24. The molecule has 0 aromatic heterocycles. The topological polar surface area (TPSA) is 26.0 Å². The van der Waals surface area contributed by atoms with Crippen LogP contribution in [0.3, 0.4) is 0 Å². The fourth-order valence-electron chi connectivity index (χ4n) is 1.51. The summed E-state index contributed by atoms with van der Waals surface area (Å²) in [5, 5.41) is 0. The van der Waals surface area contributed by atoms with Crippen LogP contribution in [0.1, 0.15) is 40.5 Å². The second-order valence-corrected chi connectivity index (χ2v) is 3.89. The fourth-order valence-corrected chi connectivity index (χ4v) is 1.51. The van der Waals surface area contributed by atoms with Gasteiger partial charge < -0.3 is 5.73 Å². The zero-order chi connectivity index (χ0) is 8.85. The molecule has 0 aliphatic rings. The highest BCUT2D eigenvalue weighted by Gasteiger charge is 2.17. The van der Waals surface area contributed by atoms with Gasteiger partial charge in [0.2, 0.25) is 0 Å². The van der Waals surface area contributed by atoms with Crippen LogP contribution in [0.15, 0.2) is 0 Å². The van der Waals surface area contributed by atoms with E-state index in [2.05, 4.69) is 27.7 Å². The van der Waals surface area contributed by atoms with Gasteiger partial charge in [0.25, 0.3) is 0 Å². The normalized spacial score (nSPS) is 16.9. The van der Waals surface area contributed by atoms with Gasteiger partial charge in [0.15, 0.2) is 0 Å². The van der Waals surface area contributed by atoms with E-state index >= 15 is 0 Å². The summed E-state index contributed by atoms with van der Waals surface area (Å²) < 4.78 is 0. The quantitative estimate of drug-likeness (QED) is 0.652. The summed E-state index contributed by atoms with van der Waals surface area (Å²) in [5.41, 5.74) is 5.70. The molecule has 0 rings (SSSR count). The molecule has 0 aliphatic carbocycles. The van der Waals surface area contributed by atoms with Crippen molar-refractivity contribution in [2.24, 2.45) is 23.5 Å². The molecule has 0 bridgehead atoms. The minimum atomic E-state index is 0.736. The van der Waals surface area contributed by atoms with Crippen LogP contribution in [0.5, 0.6) is 0 Å². The van der Waals surface area contributed by atoms with Gasteiger partial charge in [-0.15, -0.1) is 0 Å². The Labute approximate surface area is 71.4 Å². The first kappa shape index (κ1) is 11.0. The van der Waals surface area contributed by atoms with Crippen molar-refractivity contribution >= 4 is 0 Å². The van der Waals surface area contributed by atoms with Gasteiger partial charge in [-0.3, -0.25) is 0 Å². The lowest BCUT2D eigenvalue weighted by Gasteiger charge is -2.25. The number of nitrogens with two attached hydrogens (primary N) is 1. The summed E-state index contributed by atoms with van der Waals surface area (Å²) in [6, 6.07) is 0. The summed E-state index contributed by atoms with van der Waals surface area (Å²) >= 11 is 0. The van der Waals surface area contributed by atoms with Gasteiger partial charge in [0, 0.05) is 0 Å². The Kier molecular flexibility index (Phi) is 5.57. The molecule has 1 heteroatoms. The molecule has 0 amide bonds. The maximum absolute atomic E-state index is 5.70. The molecule has 2 unspecified atom stereocenters. The summed E-state index contributed by atoms with van der Waals surface area (Å²) in [6.07, 6.45) is 2.55. The Bertz CT molecular complexity index is 88.9. The average molecular weight is 157 g/mol. The van der Waals surface area contributed by atoms with Gasteiger partial charge in [-0.25, -0.2) is 0 Å². The lowest BCUT2D eigenvalue weighted by molar-refractivity contribution is 0.267. The van der Waals surface area contributed by atoms with E-state index in [1.165, 1.54) is 12.8 Å². The first-order chi connectivity index (χ1) is 5.13. The molecular formula is C10H23N. The van der Waals surface area contributed by atoms with E-state index in [1.54, 1.807) is 0 Å². The minimum Gasteiger partial charge on any atom is -0.330 e. The van der Waals surface area contributed by atoms with E-state index < -0.39 is 0 Å². The van der Waals surface area contributed by atoms with Crippen molar-refractivity contribution in [2.45, 2.75) is 40.5 Å². The van der Waals surface area contributed by atoms with E-state index in [0.717, 1.165) is 24.3 Å². The van der Waals surface area contributed by atoms with Crippen LogP contribution in [0.2, 0.25) is 0 Å². The highest BCUT2D eigenvalue weighted by Crippen LogP contribution is 2.23. The smallest absolute Gasteiger partial charge is 0.00462 e. The van der Waals surface area contributed by atoms with E-state index in [-0.39, 0.29) is 0 Å². The first-order valence-corrected chi connectivity index (χ1v) is 4.83. The summed E-state index contributed by atoms with van der Waals surface area (Å²) in [7, 11) is 0. The molecule has 0 fully saturated rings. The highest BCUT2D eigenvalue weighted by atomic mass is 14.6. The lowest BCUT2D eigenvalue weighted by atomic mass is 9.82. The molecule has 68 valence electrons. The Balaban J connectivity index is 3.81. The minimum absolute atomic E-state index is 0.736. The zero-order valence-electron chi connectivity index (χ0n) is 8.43. The number of hydrogen-bond donors (Lipinski definition) is 1. The van der Waals surface area contributed by atoms with Gasteiger partial charge >= 0.3 is 0 Å². The summed E-state index contributed by atoms with van der Waals surface area (Å²) in [4.78, 5) is 0. The molecule has 0 spiro atoms. The van der Waals surface area contributed by atoms with Crippen molar-refractivity contribution in [2.75, 3.05) is 6.54 Å². The average Bonchev–Trinajstić information content (AvgIpc) is 1.98. The van der Waals surface area contributed by atoms with Crippen molar-refractivity contribution in [3.63, 3.8) is 0 Å². The summed E-state index contributed by atoms with van der Waals surface area (Å²) in [6.45, 7) is 9.97. The Morgan fingerprint density at radius 1 is 1.18 bits per heavy atom. The van der Waals surface area contributed by atoms with Crippen LogP contribution >= 0.6 is 0 Å². The van der Waals surface area contributed by atoms with Crippen molar-refractivity contribution in [3.8, 4) is 0 Å². The van der Waals surface area contributed by atoms with Gasteiger partial charge in [-0.1, -0.05) is 34.1 Å². The Hall–Kier alpha value is -0.0400. The fraction of sp³-hybridized carbons (Fsp3) is 1.00. The van der Waals surface area contributed by atoms with Crippen molar-refractivity contribution < 1.29 is 0 Å². The van der Waals surface area contributed by atoms with Crippen LogP contribution in [0.4, 0.5) is 0 Å². The molecule has 0 aliphatic heterocycles. The monoisotopic (exact) mass is 157 g/mol. The van der Waals surface area contributed by atoms with Crippen LogP contribution in [-0.4, -0.2) is 6.54 Å². The maximum atomic E-state index is 5.70. The van der Waals surface area contributed by atoms with Gasteiger partial charge in [-0.2, -0.15) is 0 Å². The molecule has 0 saturated carbocycles. The molecular weight excluding hydrogens is 134 g/mol. The van der Waals surface area contributed by atoms with Crippen LogP contribution in [-0.2, 0) is 0 Å². The first-order valence-electron chi connectivity index (χ1n) is 4.83. The zero-order valence-corrected chi connectivity index (χ0v) is 8.43. The van der Waals surface area contributed by atoms with Crippen molar-refractivity contribution in [1.82, 2.24) is 0 Å². The summed E-state index contributed by atoms with van der Waals surface area (Å²) in [5.74, 6) is 2.29. The van der Waals surface area contributed by atoms with Crippen LogP contribution < -0.4 is 5.73 Å².